The molecule has 2 heterocycles. The van der Waals surface area contributed by atoms with Crippen molar-refractivity contribution in [3.8, 4) is 11.2 Å². The molecule has 88 valence electrons. The van der Waals surface area contributed by atoms with E-state index < -0.39 is 3.79 Å². The minimum absolute atomic E-state index is 0.0298. The number of rotatable bonds is 1. The molecule has 2 aromatic heterocycles. The third-order valence-corrected chi connectivity index (χ3v) is 3.30. The molecular formula is C8H4Cl3N5S. The van der Waals surface area contributed by atoms with Crippen LogP contribution >= 0.6 is 46.1 Å². The van der Waals surface area contributed by atoms with Gasteiger partial charge in [0.25, 0.3) is 0 Å². The summed E-state index contributed by atoms with van der Waals surface area (Å²) < 4.78 is -0.517. The van der Waals surface area contributed by atoms with Crippen LogP contribution < -0.4 is 0 Å². The van der Waals surface area contributed by atoms with Gasteiger partial charge in [-0.3, -0.25) is 0 Å². The molecule has 0 aromatic carbocycles. The Morgan fingerprint density at radius 3 is 2.65 bits per heavy atom. The summed E-state index contributed by atoms with van der Waals surface area (Å²) in [5.41, 5.74) is 0.881. The summed E-state index contributed by atoms with van der Waals surface area (Å²) in [4.78, 5) is 4.20. The van der Waals surface area contributed by atoms with Crippen LogP contribution in [0.4, 0.5) is 0 Å². The Hall–Kier alpha value is -0.870. The van der Waals surface area contributed by atoms with E-state index >= 15 is 0 Å². The summed E-state index contributed by atoms with van der Waals surface area (Å²) in [6.07, 6.45) is 0. The summed E-state index contributed by atoms with van der Waals surface area (Å²) in [5, 5.41) is 18.6. The molecule has 0 bridgehead atoms. The smallest absolute Gasteiger partial charge is 0.224 e. The average Bonchev–Trinajstić information content (AvgIpc) is 2.81. The molecule has 0 aliphatic carbocycles. The average molecular weight is 309 g/mol. The van der Waals surface area contributed by atoms with Crippen molar-refractivity contribution in [3.05, 3.63) is 22.5 Å². The van der Waals surface area contributed by atoms with Gasteiger partial charge in [0.05, 0.1) is 5.69 Å². The lowest BCUT2D eigenvalue weighted by Crippen LogP contribution is -2.11. The molecule has 0 saturated heterocycles. The molecule has 0 atom stereocenters. The van der Waals surface area contributed by atoms with Gasteiger partial charge in [0.2, 0.25) is 8.92 Å². The first kappa shape index (κ1) is 12.6. The number of nitriles is 1. The molecule has 0 saturated carbocycles. The van der Waals surface area contributed by atoms with Crippen LogP contribution in [0, 0.1) is 18.3 Å². The van der Waals surface area contributed by atoms with Gasteiger partial charge in [-0.1, -0.05) is 40.0 Å². The van der Waals surface area contributed by atoms with Crippen molar-refractivity contribution in [2.24, 2.45) is 0 Å². The minimum Gasteiger partial charge on any atom is -0.224 e. The highest BCUT2D eigenvalue weighted by Gasteiger charge is 2.34. The van der Waals surface area contributed by atoms with Gasteiger partial charge in [-0.05, 0) is 6.92 Å². The Balaban J connectivity index is 2.64. The Morgan fingerprint density at radius 2 is 2.18 bits per heavy atom. The first-order valence-electron chi connectivity index (χ1n) is 4.29. The summed E-state index contributed by atoms with van der Waals surface area (Å²) in [7, 11) is 0. The predicted octanol–water partition coefficient (Wildman–Crippen LogP) is 2.73. The fourth-order valence-corrected chi connectivity index (χ4v) is 2.45. The van der Waals surface area contributed by atoms with E-state index in [9.17, 15) is 0 Å². The molecule has 9 heteroatoms. The fraction of sp³-hybridized carbons (Fsp3) is 0.250. The van der Waals surface area contributed by atoms with E-state index in [0.717, 1.165) is 5.69 Å². The Labute approximate surface area is 116 Å². The lowest BCUT2D eigenvalue weighted by atomic mass is 10.3. The summed E-state index contributed by atoms with van der Waals surface area (Å²) in [6, 6.07) is 1.83. The number of thiazole rings is 1. The Kier molecular flexibility index (Phi) is 3.27. The van der Waals surface area contributed by atoms with E-state index in [2.05, 4.69) is 15.3 Å². The van der Waals surface area contributed by atoms with Crippen molar-refractivity contribution >= 4 is 46.1 Å². The topological polar surface area (TPSA) is 67.4 Å². The van der Waals surface area contributed by atoms with Crippen molar-refractivity contribution in [1.82, 2.24) is 20.0 Å². The second-order valence-corrected chi connectivity index (χ2v) is 6.20. The molecule has 0 aliphatic rings. The number of aryl methyl sites for hydroxylation is 1. The number of alkyl halides is 3. The predicted molar refractivity (Wildman–Crippen MR) is 65.7 cm³/mol. The van der Waals surface area contributed by atoms with E-state index in [1.165, 1.54) is 16.0 Å². The van der Waals surface area contributed by atoms with Crippen molar-refractivity contribution in [2.45, 2.75) is 10.7 Å². The van der Waals surface area contributed by atoms with Gasteiger partial charge >= 0.3 is 0 Å². The molecular weight excluding hydrogens is 305 g/mol. The fourth-order valence-electron chi connectivity index (χ4n) is 1.18. The van der Waals surface area contributed by atoms with Gasteiger partial charge in [-0.25, -0.2) is 4.98 Å². The highest BCUT2D eigenvalue weighted by molar-refractivity contribution is 7.12. The van der Waals surface area contributed by atoms with Gasteiger partial charge < -0.3 is 0 Å². The second kappa shape index (κ2) is 4.42. The maximum Gasteiger partial charge on any atom is 0.235 e. The highest BCUT2D eigenvalue weighted by Crippen LogP contribution is 2.40. The molecule has 0 unspecified atom stereocenters. The molecule has 0 aliphatic heterocycles. The maximum atomic E-state index is 8.89. The number of aromatic nitrogens is 4. The van der Waals surface area contributed by atoms with Crippen LogP contribution in [0.2, 0.25) is 0 Å². The van der Waals surface area contributed by atoms with Crippen molar-refractivity contribution in [2.75, 3.05) is 0 Å². The Morgan fingerprint density at radius 1 is 1.47 bits per heavy atom. The zero-order valence-electron chi connectivity index (χ0n) is 8.36. The third kappa shape index (κ3) is 2.38. The molecule has 0 spiro atoms. The lowest BCUT2D eigenvalue weighted by Gasteiger charge is -2.10. The van der Waals surface area contributed by atoms with Crippen LogP contribution in [0.3, 0.4) is 0 Å². The third-order valence-electron chi connectivity index (χ3n) is 1.83. The largest absolute Gasteiger partial charge is 0.235 e. The van der Waals surface area contributed by atoms with Crippen LogP contribution in [0.1, 0.15) is 17.1 Å². The summed E-state index contributed by atoms with van der Waals surface area (Å²) in [6.45, 7) is 1.83. The molecule has 2 rings (SSSR count). The van der Waals surface area contributed by atoms with Crippen LogP contribution in [-0.2, 0) is 3.79 Å². The van der Waals surface area contributed by atoms with E-state index in [0.29, 0.717) is 5.13 Å². The van der Waals surface area contributed by atoms with Gasteiger partial charge in [-0.2, -0.15) is 9.94 Å². The normalized spacial score (nSPS) is 11.5. The first-order valence-corrected chi connectivity index (χ1v) is 6.30. The van der Waals surface area contributed by atoms with Gasteiger partial charge in [0.15, 0.2) is 5.69 Å². The Bertz CT molecular complexity index is 591. The molecule has 0 N–H and O–H groups in total. The molecule has 0 amide bonds. The lowest BCUT2D eigenvalue weighted by molar-refractivity contribution is 0.763. The molecule has 0 fully saturated rings. The van der Waals surface area contributed by atoms with Crippen LogP contribution in [0.25, 0.3) is 5.13 Å². The van der Waals surface area contributed by atoms with Crippen LogP contribution in [-0.4, -0.2) is 20.0 Å². The van der Waals surface area contributed by atoms with E-state index in [1.807, 2.05) is 18.4 Å². The number of hydrogen-bond donors (Lipinski definition) is 0. The van der Waals surface area contributed by atoms with Gasteiger partial charge in [0.1, 0.15) is 11.8 Å². The summed E-state index contributed by atoms with van der Waals surface area (Å²) >= 11 is 18.7. The standard InChI is InChI=1S/C8H4Cl3N5S/c1-4-3-17-7(13-4)16-6(8(9,10)11)5(2-12)14-15-16/h3H,1H3. The van der Waals surface area contributed by atoms with Crippen molar-refractivity contribution in [3.63, 3.8) is 0 Å². The molecule has 2 aromatic rings. The zero-order chi connectivity index (χ0) is 12.6. The molecule has 5 nitrogen and oxygen atoms in total. The quantitative estimate of drug-likeness (QED) is 0.760. The minimum atomic E-state index is -1.78. The number of nitrogens with zero attached hydrogens (tertiary/aromatic N) is 5. The number of halogens is 3. The molecule has 0 radical (unpaired) electrons. The number of hydrogen-bond acceptors (Lipinski definition) is 5. The van der Waals surface area contributed by atoms with Gasteiger partial charge in [0, 0.05) is 5.38 Å². The first-order chi connectivity index (χ1) is 7.93. The van der Waals surface area contributed by atoms with Gasteiger partial charge in [-0.15, -0.1) is 16.4 Å². The maximum absolute atomic E-state index is 8.89. The van der Waals surface area contributed by atoms with E-state index in [1.54, 1.807) is 0 Å². The van der Waals surface area contributed by atoms with E-state index in [4.69, 9.17) is 40.1 Å². The monoisotopic (exact) mass is 307 g/mol. The highest BCUT2D eigenvalue weighted by atomic mass is 35.6. The SMILES string of the molecule is Cc1csc(-n2nnc(C#N)c2C(Cl)(Cl)Cl)n1. The summed E-state index contributed by atoms with van der Waals surface area (Å²) in [5.74, 6) is 0. The zero-order valence-corrected chi connectivity index (χ0v) is 11.4. The van der Waals surface area contributed by atoms with Crippen LogP contribution in [0.5, 0.6) is 0 Å². The molecule has 17 heavy (non-hydrogen) atoms. The second-order valence-electron chi connectivity index (χ2n) is 3.08. The van der Waals surface area contributed by atoms with Crippen molar-refractivity contribution < 1.29 is 0 Å². The van der Waals surface area contributed by atoms with Crippen molar-refractivity contribution in [1.29, 1.82) is 5.26 Å². The van der Waals surface area contributed by atoms with E-state index in [-0.39, 0.29) is 11.4 Å². The van der Waals surface area contributed by atoms with Crippen LogP contribution in [0.15, 0.2) is 5.38 Å².